The Morgan fingerprint density at radius 3 is 2.60 bits per heavy atom. The second-order valence-electron chi connectivity index (χ2n) is 1.74. The van der Waals surface area contributed by atoms with E-state index < -0.39 is 0 Å². The molecule has 0 N–H and O–H groups in total. The molecule has 0 spiro atoms. The van der Waals surface area contributed by atoms with Crippen molar-refractivity contribution in [2.75, 3.05) is 5.75 Å². The molecule has 0 bridgehead atoms. The van der Waals surface area contributed by atoms with Gasteiger partial charge in [-0.3, -0.25) is 0 Å². The highest BCUT2D eigenvalue weighted by Gasteiger charge is 1.89. The standard InChI is InChI=1S/C5H12S5/c1-2-3-4-5-7-9-10-8-6/h6H,2-5H2,1H3. The fraction of sp³-hybridized carbons (Fsp3) is 1.00. The van der Waals surface area contributed by atoms with Gasteiger partial charge < -0.3 is 0 Å². The first kappa shape index (κ1) is 11.8. The number of unbranched alkanes of at least 4 members (excludes halogenated alkanes) is 2. The minimum absolute atomic E-state index is 1.28. The first-order valence-corrected chi connectivity index (χ1v) is 9.22. The van der Waals surface area contributed by atoms with Crippen molar-refractivity contribution in [3.05, 3.63) is 0 Å². The van der Waals surface area contributed by atoms with Crippen molar-refractivity contribution in [2.45, 2.75) is 26.2 Å². The van der Waals surface area contributed by atoms with Crippen LogP contribution in [0.15, 0.2) is 0 Å². The molecule has 0 heterocycles. The van der Waals surface area contributed by atoms with Crippen molar-refractivity contribution < 1.29 is 0 Å². The first-order valence-electron chi connectivity index (χ1n) is 3.18. The van der Waals surface area contributed by atoms with Gasteiger partial charge in [-0.2, -0.15) is 0 Å². The Labute approximate surface area is 83.4 Å². The van der Waals surface area contributed by atoms with Crippen LogP contribution in [0.4, 0.5) is 0 Å². The number of thiol groups is 1. The van der Waals surface area contributed by atoms with Crippen LogP contribution in [0.5, 0.6) is 0 Å². The van der Waals surface area contributed by atoms with Gasteiger partial charge in [0, 0.05) is 5.75 Å². The Kier molecular flexibility index (Phi) is 12.6. The SMILES string of the molecule is CCCCCSSSSS. The van der Waals surface area contributed by atoms with E-state index in [4.69, 9.17) is 0 Å². The third kappa shape index (κ3) is 9.75. The average molecular weight is 232 g/mol. The summed E-state index contributed by atoms with van der Waals surface area (Å²) in [6, 6.07) is 0. The van der Waals surface area contributed by atoms with E-state index in [0.29, 0.717) is 0 Å². The van der Waals surface area contributed by atoms with Gasteiger partial charge >= 0.3 is 0 Å². The third-order valence-corrected chi connectivity index (χ3v) is 7.80. The van der Waals surface area contributed by atoms with Gasteiger partial charge in [0.05, 0.1) is 0 Å². The van der Waals surface area contributed by atoms with Crippen LogP contribution in [0.25, 0.3) is 0 Å². The average Bonchev–Trinajstić information content (AvgIpc) is 1.97. The molecule has 0 aliphatic carbocycles. The molecule has 0 amide bonds. The van der Waals surface area contributed by atoms with Crippen LogP contribution in [-0.4, -0.2) is 5.75 Å². The minimum Gasteiger partial charge on any atom is -0.0988 e. The molecule has 0 saturated carbocycles. The maximum absolute atomic E-state index is 4.01. The second-order valence-corrected chi connectivity index (χ2v) is 8.57. The van der Waals surface area contributed by atoms with Crippen LogP contribution < -0.4 is 0 Å². The minimum atomic E-state index is 1.28. The fourth-order valence-corrected chi connectivity index (χ4v) is 6.61. The summed E-state index contributed by atoms with van der Waals surface area (Å²) in [6.45, 7) is 2.23. The van der Waals surface area contributed by atoms with E-state index in [1.54, 1.807) is 9.83 Å². The highest BCUT2D eigenvalue weighted by Crippen LogP contribution is 2.44. The Morgan fingerprint density at radius 1 is 1.20 bits per heavy atom. The van der Waals surface area contributed by atoms with Gasteiger partial charge in [-0.1, -0.05) is 42.2 Å². The lowest BCUT2D eigenvalue weighted by Crippen LogP contribution is -1.74. The molecular formula is C5H12S5. The summed E-state index contributed by atoms with van der Waals surface area (Å²) in [6.07, 6.45) is 4.04. The van der Waals surface area contributed by atoms with Crippen LogP contribution in [0, 0.1) is 0 Å². The normalized spacial score (nSPS) is 10.2. The molecule has 0 aromatic heterocycles. The summed E-state index contributed by atoms with van der Waals surface area (Å²) in [7, 11) is 7.00. The van der Waals surface area contributed by atoms with E-state index in [1.165, 1.54) is 34.8 Å². The summed E-state index contributed by atoms with van der Waals surface area (Å²) >= 11 is 4.01. The van der Waals surface area contributed by atoms with Crippen LogP contribution >= 0.6 is 51.9 Å². The molecule has 0 nitrogen and oxygen atoms in total. The molecule has 10 heavy (non-hydrogen) atoms. The summed E-state index contributed by atoms with van der Waals surface area (Å²) in [5.41, 5.74) is 0. The lowest BCUT2D eigenvalue weighted by Gasteiger charge is -1.95. The molecule has 0 rings (SSSR count). The van der Waals surface area contributed by atoms with E-state index in [2.05, 4.69) is 18.6 Å². The predicted molar refractivity (Wildman–Crippen MR) is 63.7 cm³/mol. The van der Waals surface area contributed by atoms with E-state index in [9.17, 15) is 0 Å². The van der Waals surface area contributed by atoms with E-state index in [0.717, 1.165) is 0 Å². The Balaban J connectivity index is 2.65. The summed E-state index contributed by atoms with van der Waals surface area (Å²) < 4.78 is 0. The largest absolute Gasteiger partial charge is 0.0988 e. The zero-order valence-electron chi connectivity index (χ0n) is 5.91. The van der Waals surface area contributed by atoms with Crippen LogP contribution in [0.3, 0.4) is 0 Å². The van der Waals surface area contributed by atoms with Gasteiger partial charge in [-0.05, 0) is 35.9 Å². The van der Waals surface area contributed by atoms with Gasteiger partial charge in [0.1, 0.15) is 0 Å². The van der Waals surface area contributed by atoms with E-state index in [-0.39, 0.29) is 0 Å². The molecule has 0 unspecified atom stereocenters. The van der Waals surface area contributed by atoms with Crippen molar-refractivity contribution in [3.63, 3.8) is 0 Å². The van der Waals surface area contributed by atoms with Gasteiger partial charge in [-0.25, -0.2) is 0 Å². The van der Waals surface area contributed by atoms with Crippen molar-refractivity contribution in [1.82, 2.24) is 0 Å². The topological polar surface area (TPSA) is 0 Å². The Bertz CT molecular complexity index is 50.0. The van der Waals surface area contributed by atoms with Crippen molar-refractivity contribution in [1.29, 1.82) is 0 Å². The molecule has 0 aliphatic rings. The number of rotatable bonds is 7. The maximum Gasteiger partial charge on any atom is 0.00454 e. The monoisotopic (exact) mass is 232 g/mol. The highest BCUT2D eigenvalue weighted by molar-refractivity contribution is 9.34. The van der Waals surface area contributed by atoms with Gasteiger partial charge in [0.15, 0.2) is 0 Å². The molecule has 62 valence electrons. The fourth-order valence-electron chi connectivity index (χ4n) is 0.477. The molecule has 0 aromatic rings. The molecule has 0 atom stereocenters. The lowest BCUT2D eigenvalue weighted by molar-refractivity contribution is 0.780. The predicted octanol–water partition coefficient (Wildman–Crippen LogP) is 4.70. The molecule has 5 heteroatoms. The van der Waals surface area contributed by atoms with E-state index >= 15 is 0 Å². The molecule has 0 fully saturated rings. The Morgan fingerprint density at radius 2 is 2.00 bits per heavy atom. The van der Waals surface area contributed by atoms with Crippen molar-refractivity contribution in [2.24, 2.45) is 0 Å². The highest BCUT2D eigenvalue weighted by atomic mass is 33.8. The van der Waals surface area contributed by atoms with Gasteiger partial charge in [0.25, 0.3) is 0 Å². The second kappa shape index (κ2) is 10.8. The van der Waals surface area contributed by atoms with Crippen molar-refractivity contribution in [3.8, 4) is 0 Å². The van der Waals surface area contributed by atoms with E-state index in [1.807, 2.05) is 20.6 Å². The maximum atomic E-state index is 4.01. The first-order chi connectivity index (χ1) is 4.91. The molecule has 0 aromatic carbocycles. The molecule has 0 radical (unpaired) electrons. The molecule has 0 aliphatic heterocycles. The smallest absolute Gasteiger partial charge is 0.00454 e. The van der Waals surface area contributed by atoms with Gasteiger partial charge in [0.2, 0.25) is 0 Å². The number of hydrogen-bond donors (Lipinski definition) is 1. The molecular weight excluding hydrogens is 220 g/mol. The third-order valence-electron chi connectivity index (χ3n) is 0.938. The number of hydrogen-bond acceptors (Lipinski definition) is 5. The van der Waals surface area contributed by atoms with Crippen LogP contribution in [0.1, 0.15) is 26.2 Å². The Hall–Kier alpha value is 1.75. The zero-order chi connectivity index (χ0) is 7.66. The quantitative estimate of drug-likeness (QED) is 0.384. The van der Waals surface area contributed by atoms with Gasteiger partial charge in [-0.15, -0.1) is 0 Å². The summed E-state index contributed by atoms with van der Waals surface area (Å²) in [5.74, 6) is 1.28. The lowest BCUT2D eigenvalue weighted by atomic mass is 10.3. The van der Waals surface area contributed by atoms with Crippen LogP contribution in [-0.2, 0) is 0 Å². The zero-order valence-corrected chi connectivity index (χ0v) is 10.1. The molecule has 0 saturated heterocycles. The summed E-state index contributed by atoms with van der Waals surface area (Å²) in [4.78, 5) is 0. The summed E-state index contributed by atoms with van der Waals surface area (Å²) in [5, 5.41) is 0. The van der Waals surface area contributed by atoms with Crippen LogP contribution in [0.2, 0.25) is 0 Å². The van der Waals surface area contributed by atoms with Crippen molar-refractivity contribution >= 4 is 51.9 Å².